The van der Waals surface area contributed by atoms with Gasteiger partial charge in [-0.2, -0.15) is 5.10 Å². The summed E-state index contributed by atoms with van der Waals surface area (Å²) in [6.45, 7) is 5.93. The summed E-state index contributed by atoms with van der Waals surface area (Å²) in [5.74, 6) is 0.379. The predicted octanol–water partition coefficient (Wildman–Crippen LogP) is 7.11. The van der Waals surface area contributed by atoms with E-state index in [1.165, 1.54) is 16.7 Å². The summed E-state index contributed by atoms with van der Waals surface area (Å²) in [4.78, 5) is 0. The Labute approximate surface area is 227 Å². The summed E-state index contributed by atoms with van der Waals surface area (Å²) in [5.41, 5.74) is 2.51. The molecule has 190 valence electrons. The third-order valence-corrected chi connectivity index (χ3v) is 6.55. The van der Waals surface area contributed by atoms with E-state index in [1.54, 1.807) is 35.0 Å². The van der Waals surface area contributed by atoms with Crippen molar-refractivity contribution in [1.29, 1.82) is 0 Å². The lowest BCUT2D eigenvalue weighted by molar-refractivity contribution is 0.377. The van der Waals surface area contributed by atoms with Crippen molar-refractivity contribution in [1.82, 2.24) is 24.5 Å². The monoisotopic (exact) mass is 557 g/mol. The van der Waals surface area contributed by atoms with Crippen LogP contribution in [0.15, 0.2) is 59.0 Å². The van der Waals surface area contributed by atoms with Gasteiger partial charge in [-0.05, 0) is 30.3 Å². The van der Waals surface area contributed by atoms with E-state index >= 15 is 0 Å². The van der Waals surface area contributed by atoms with Crippen LogP contribution in [0, 0.1) is 0 Å². The van der Waals surface area contributed by atoms with E-state index in [4.69, 9.17) is 44.3 Å². The van der Waals surface area contributed by atoms with Crippen LogP contribution in [0.4, 0.5) is 0 Å². The first-order chi connectivity index (χ1) is 17.5. The Hall–Kier alpha value is -3.46. The van der Waals surface area contributed by atoms with E-state index < -0.39 is 0 Å². The second kappa shape index (κ2) is 9.45. The van der Waals surface area contributed by atoms with Gasteiger partial charge in [0.15, 0.2) is 17.5 Å². The van der Waals surface area contributed by atoms with Gasteiger partial charge in [0.2, 0.25) is 5.89 Å². The van der Waals surface area contributed by atoms with Crippen molar-refractivity contribution in [3.8, 4) is 40.3 Å². The van der Waals surface area contributed by atoms with Crippen molar-refractivity contribution < 1.29 is 14.6 Å². The van der Waals surface area contributed by atoms with E-state index in [1.807, 2.05) is 32.9 Å². The van der Waals surface area contributed by atoms with Crippen LogP contribution in [0.5, 0.6) is 11.8 Å². The lowest BCUT2D eigenvalue weighted by atomic mass is 9.97. The van der Waals surface area contributed by atoms with Crippen LogP contribution in [0.3, 0.4) is 0 Å². The minimum atomic E-state index is -0.385. The Morgan fingerprint density at radius 1 is 0.865 bits per heavy atom. The first kappa shape index (κ1) is 25.2. The average Bonchev–Trinajstić information content (AvgIpc) is 3.54. The maximum Gasteiger partial charge on any atom is 0.268 e. The third kappa shape index (κ3) is 4.80. The van der Waals surface area contributed by atoms with Crippen molar-refractivity contribution in [3.05, 3.63) is 81.1 Å². The highest BCUT2D eigenvalue weighted by atomic mass is 35.5. The van der Waals surface area contributed by atoms with Crippen LogP contribution in [-0.2, 0) is 12.0 Å². The molecule has 0 fully saturated rings. The number of hydrogen-bond acceptors (Lipinski definition) is 6. The van der Waals surface area contributed by atoms with Crippen LogP contribution < -0.4 is 0 Å². The molecule has 5 rings (SSSR count). The molecule has 3 aromatic heterocycles. The molecular formula is C26H22Cl3N5O3. The van der Waals surface area contributed by atoms with Gasteiger partial charge in [-0.15, -0.1) is 10.2 Å². The molecule has 0 bridgehead atoms. The van der Waals surface area contributed by atoms with Gasteiger partial charge in [-0.25, -0.2) is 4.68 Å². The van der Waals surface area contributed by atoms with Crippen LogP contribution in [0.2, 0.25) is 15.1 Å². The molecule has 0 aliphatic rings. The van der Waals surface area contributed by atoms with Gasteiger partial charge in [0.1, 0.15) is 0 Å². The molecular weight excluding hydrogens is 537 g/mol. The molecule has 0 saturated carbocycles. The lowest BCUT2D eigenvalue weighted by Gasteiger charge is -2.13. The second-order valence-electron chi connectivity index (χ2n) is 9.49. The van der Waals surface area contributed by atoms with Gasteiger partial charge in [-0.1, -0.05) is 67.7 Å². The fraction of sp³-hybridized carbons (Fsp3) is 0.192. The number of aromatic nitrogens is 5. The molecule has 3 heterocycles. The molecule has 5 aromatic rings. The highest BCUT2D eigenvalue weighted by Gasteiger charge is 2.29. The van der Waals surface area contributed by atoms with E-state index in [-0.39, 0.29) is 29.6 Å². The Kier molecular flexibility index (Phi) is 6.43. The van der Waals surface area contributed by atoms with Gasteiger partial charge >= 0.3 is 0 Å². The molecule has 0 radical (unpaired) electrons. The second-order valence-corrected chi connectivity index (χ2v) is 10.8. The molecule has 2 N–H and O–H groups in total. The fourth-order valence-corrected chi connectivity index (χ4v) is 4.51. The largest absolute Gasteiger partial charge is 0.494 e. The van der Waals surface area contributed by atoms with Gasteiger partial charge in [0.05, 0.1) is 22.9 Å². The topological polar surface area (TPSA) is 102 Å². The Morgan fingerprint density at radius 2 is 1.51 bits per heavy atom. The number of halogens is 3. The molecule has 0 aliphatic carbocycles. The smallest absolute Gasteiger partial charge is 0.268 e. The molecule has 0 atom stereocenters. The van der Waals surface area contributed by atoms with E-state index in [0.717, 1.165) is 5.56 Å². The number of rotatable bonds is 5. The van der Waals surface area contributed by atoms with Gasteiger partial charge in [0.25, 0.3) is 5.89 Å². The predicted molar refractivity (Wildman–Crippen MR) is 143 cm³/mol. The van der Waals surface area contributed by atoms with Gasteiger partial charge < -0.3 is 14.6 Å². The summed E-state index contributed by atoms with van der Waals surface area (Å²) in [7, 11) is 0. The van der Waals surface area contributed by atoms with Crippen molar-refractivity contribution in [2.75, 3.05) is 0 Å². The van der Waals surface area contributed by atoms with Gasteiger partial charge in [0, 0.05) is 38.7 Å². The van der Waals surface area contributed by atoms with Crippen LogP contribution in [0.25, 0.3) is 28.5 Å². The third-order valence-electron chi connectivity index (χ3n) is 5.76. The lowest BCUT2D eigenvalue weighted by Crippen LogP contribution is -2.11. The van der Waals surface area contributed by atoms with E-state index in [2.05, 4.69) is 10.2 Å². The Balaban J connectivity index is 1.83. The minimum absolute atomic E-state index is 0.0381. The quantitative estimate of drug-likeness (QED) is 0.238. The molecule has 37 heavy (non-hydrogen) atoms. The summed E-state index contributed by atoms with van der Waals surface area (Å²) in [6, 6.07) is 15.1. The Bertz CT molecular complexity index is 1580. The van der Waals surface area contributed by atoms with Crippen LogP contribution >= 0.6 is 34.8 Å². The SMILES string of the molecule is CC(C)(C)c1nnc(-c2nn(-c3ccc(Cl)cc3Cl)c(-c3ccc(Cl)cc3)c2Cn2c(O)ccc2O)o1. The summed E-state index contributed by atoms with van der Waals surface area (Å²) >= 11 is 19.0. The standard InChI is InChI=1S/C26H22Cl3N5O3/c1-26(2,3)25-31-30-24(37-25)22-17(13-33-20(35)10-11-21(33)36)23(14-4-6-15(27)7-5-14)34(32-22)19-9-8-16(28)12-18(19)29/h4-12,35-36H,13H2,1-3H3. The van der Waals surface area contributed by atoms with Crippen molar-refractivity contribution >= 4 is 34.8 Å². The normalized spacial score (nSPS) is 11.8. The highest BCUT2D eigenvalue weighted by Crippen LogP contribution is 2.39. The van der Waals surface area contributed by atoms with Crippen LogP contribution in [-0.4, -0.2) is 34.8 Å². The minimum Gasteiger partial charge on any atom is -0.494 e. The summed E-state index contributed by atoms with van der Waals surface area (Å²) < 4.78 is 9.06. The molecule has 0 aliphatic heterocycles. The average molecular weight is 559 g/mol. The molecule has 0 saturated heterocycles. The van der Waals surface area contributed by atoms with Crippen molar-refractivity contribution in [3.63, 3.8) is 0 Å². The van der Waals surface area contributed by atoms with E-state index in [9.17, 15) is 10.2 Å². The zero-order chi connectivity index (χ0) is 26.5. The molecule has 0 amide bonds. The first-order valence-corrected chi connectivity index (χ1v) is 12.4. The number of nitrogens with zero attached hydrogens (tertiary/aromatic N) is 5. The molecule has 0 spiro atoms. The highest BCUT2D eigenvalue weighted by molar-refractivity contribution is 6.35. The molecule has 11 heteroatoms. The summed E-state index contributed by atoms with van der Waals surface area (Å²) in [6.07, 6.45) is 0. The molecule has 2 aromatic carbocycles. The Morgan fingerprint density at radius 3 is 2.11 bits per heavy atom. The molecule has 8 nitrogen and oxygen atoms in total. The van der Waals surface area contributed by atoms with Crippen molar-refractivity contribution in [2.24, 2.45) is 0 Å². The maximum atomic E-state index is 10.4. The zero-order valence-electron chi connectivity index (χ0n) is 20.1. The summed E-state index contributed by atoms with van der Waals surface area (Å²) in [5, 5.41) is 35.6. The first-order valence-electron chi connectivity index (χ1n) is 11.3. The number of aromatic hydroxyl groups is 2. The molecule has 0 unspecified atom stereocenters. The van der Waals surface area contributed by atoms with E-state index in [0.29, 0.717) is 43.6 Å². The fourth-order valence-electron chi connectivity index (χ4n) is 3.89. The maximum absolute atomic E-state index is 10.4. The zero-order valence-corrected chi connectivity index (χ0v) is 22.3. The van der Waals surface area contributed by atoms with Crippen LogP contribution in [0.1, 0.15) is 32.2 Å². The van der Waals surface area contributed by atoms with Crippen molar-refractivity contribution in [2.45, 2.75) is 32.7 Å². The van der Waals surface area contributed by atoms with Gasteiger partial charge in [-0.3, -0.25) is 4.57 Å². The number of benzene rings is 2. The number of hydrogen-bond donors (Lipinski definition) is 2.